The third-order valence-corrected chi connectivity index (χ3v) is 4.70. The number of fused-ring (bicyclic) bond motifs is 1. The lowest BCUT2D eigenvalue weighted by Gasteiger charge is -2.02. The molecule has 96 valence electrons. The van der Waals surface area contributed by atoms with Crippen LogP contribution in [-0.4, -0.2) is 16.2 Å². The molecular formula is C13H9FN2OS2. The number of thioether (sulfide) groups is 1. The third kappa shape index (κ3) is 2.17. The van der Waals surface area contributed by atoms with E-state index in [0.29, 0.717) is 16.8 Å². The Hall–Kier alpha value is -1.66. The Morgan fingerprint density at radius 2 is 2.16 bits per heavy atom. The largest absolute Gasteiger partial charge is 0.320 e. The van der Waals surface area contributed by atoms with Crippen LogP contribution >= 0.6 is 23.1 Å². The van der Waals surface area contributed by atoms with Crippen LogP contribution in [-0.2, 0) is 0 Å². The Bertz CT molecular complexity index is 810. The summed E-state index contributed by atoms with van der Waals surface area (Å²) >= 11 is 2.92. The number of aromatic nitrogens is 2. The summed E-state index contributed by atoms with van der Waals surface area (Å²) in [7, 11) is 0. The van der Waals surface area contributed by atoms with Gasteiger partial charge in [0.25, 0.3) is 5.56 Å². The van der Waals surface area contributed by atoms with Crippen molar-refractivity contribution in [2.24, 2.45) is 0 Å². The van der Waals surface area contributed by atoms with Crippen LogP contribution in [0, 0.1) is 5.82 Å². The number of pyridine rings is 1. The molecule has 2 heterocycles. The highest BCUT2D eigenvalue weighted by atomic mass is 32.2. The lowest BCUT2D eigenvalue weighted by molar-refractivity contribution is 0.630. The highest BCUT2D eigenvalue weighted by Gasteiger charge is 2.11. The molecule has 0 atom stereocenters. The minimum Gasteiger partial charge on any atom is -0.320 e. The molecule has 1 N–H and O–H groups in total. The van der Waals surface area contributed by atoms with Crippen LogP contribution in [0.5, 0.6) is 0 Å². The summed E-state index contributed by atoms with van der Waals surface area (Å²) in [5, 5.41) is 0. The van der Waals surface area contributed by atoms with Crippen molar-refractivity contribution >= 4 is 33.3 Å². The maximum Gasteiger partial charge on any atom is 0.275 e. The van der Waals surface area contributed by atoms with Crippen molar-refractivity contribution in [2.45, 2.75) is 4.34 Å². The Kier molecular flexibility index (Phi) is 3.12. The van der Waals surface area contributed by atoms with Crippen LogP contribution in [0.1, 0.15) is 0 Å². The first kappa shape index (κ1) is 12.4. The fourth-order valence-corrected chi connectivity index (χ4v) is 3.35. The van der Waals surface area contributed by atoms with Gasteiger partial charge in [-0.1, -0.05) is 23.9 Å². The number of nitrogens with zero attached hydrogens (tertiary/aromatic N) is 1. The van der Waals surface area contributed by atoms with Crippen molar-refractivity contribution in [1.82, 2.24) is 9.97 Å². The molecule has 0 radical (unpaired) electrons. The first-order valence-corrected chi connectivity index (χ1v) is 7.56. The number of nitrogens with one attached hydrogen (secondary N) is 1. The molecule has 0 unspecified atom stereocenters. The maximum absolute atomic E-state index is 13.7. The molecule has 3 aromatic rings. The molecule has 0 aliphatic heterocycles. The minimum atomic E-state index is -0.355. The molecule has 0 aliphatic rings. The van der Waals surface area contributed by atoms with E-state index < -0.39 is 0 Å². The average Bonchev–Trinajstić information content (AvgIpc) is 2.83. The molecular weight excluding hydrogens is 283 g/mol. The molecule has 0 aliphatic carbocycles. The van der Waals surface area contributed by atoms with E-state index in [1.54, 1.807) is 24.3 Å². The van der Waals surface area contributed by atoms with E-state index in [1.807, 2.05) is 6.26 Å². The number of rotatable bonds is 2. The normalized spacial score (nSPS) is 11.1. The predicted octanol–water partition coefficient (Wildman–Crippen LogP) is 3.51. The van der Waals surface area contributed by atoms with Gasteiger partial charge < -0.3 is 4.98 Å². The molecule has 0 saturated heterocycles. The van der Waals surface area contributed by atoms with Crippen LogP contribution in [0.4, 0.5) is 4.39 Å². The highest BCUT2D eigenvalue weighted by Crippen LogP contribution is 2.29. The van der Waals surface area contributed by atoms with Crippen LogP contribution in [0.2, 0.25) is 0 Å². The monoisotopic (exact) mass is 292 g/mol. The van der Waals surface area contributed by atoms with Crippen molar-refractivity contribution < 1.29 is 4.39 Å². The predicted molar refractivity (Wildman–Crippen MR) is 77.4 cm³/mol. The van der Waals surface area contributed by atoms with E-state index in [-0.39, 0.29) is 11.4 Å². The topological polar surface area (TPSA) is 45.8 Å². The standard InChI is InChI=1S/C13H9FN2OS2/c1-18-13-16-11-10(19-13)6-9(15-12(11)17)7-4-2-3-5-8(7)14/h2-6H,1H3,(H,15,17). The second-order valence-corrected chi connectivity index (χ2v) is 5.97. The van der Waals surface area contributed by atoms with Crippen molar-refractivity contribution in [3.8, 4) is 11.3 Å². The van der Waals surface area contributed by atoms with Gasteiger partial charge >= 0.3 is 0 Å². The number of hydrogen-bond acceptors (Lipinski definition) is 4. The molecule has 0 bridgehead atoms. The van der Waals surface area contributed by atoms with E-state index >= 15 is 0 Å². The summed E-state index contributed by atoms with van der Waals surface area (Å²) in [4.78, 5) is 18.9. The zero-order valence-corrected chi connectivity index (χ0v) is 11.6. The second-order valence-electron chi connectivity index (χ2n) is 3.89. The van der Waals surface area contributed by atoms with Crippen LogP contribution in [0.3, 0.4) is 0 Å². The van der Waals surface area contributed by atoms with Gasteiger partial charge in [-0.3, -0.25) is 4.79 Å². The SMILES string of the molecule is CSc1nc2c(=O)[nH]c(-c3ccccc3F)cc2s1. The van der Waals surface area contributed by atoms with Crippen molar-refractivity contribution in [2.75, 3.05) is 6.26 Å². The van der Waals surface area contributed by atoms with Crippen LogP contribution < -0.4 is 5.56 Å². The smallest absolute Gasteiger partial charge is 0.275 e. The molecule has 6 heteroatoms. The molecule has 0 saturated carbocycles. The van der Waals surface area contributed by atoms with Gasteiger partial charge in [-0.05, 0) is 24.5 Å². The number of aromatic amines is 1. The van der Waals surface area contributed by atoms with Gasteiger partial charge in [0.1, 0.15) is 11.3 Å². The Morgan fingerprint density at radius 3 is 2.89 bits per heavy atom. The second kappa shape index (κ2) is 4.79. The highest BCUT2D eigenvalue weighted by molar-refractivity contribution is 8.00. The fourth-order valence-electron chi connectivity index (χ4n) is 1.83. The molecule has 0 amide bonds. The number of benzene rings is 1. The van der Waals surface area contributed by atoms with E-state index in [9.17, 15) is 9.18 Å². The summed E-state index contributed by atoms with van der Waals surface area (Å²) in [5.41, 5.74) is 0.995. The molecule has 19 heavy (non-hydrogen) atoms. The minimum absolute atomic E-state index is 0.285. The summed E-state index contributed by atoms with van der Waals surface area (Å²) < 4.78 is 15.3. The van der Waals surface area contributed by atoms with Gasteiger partial charge in [-0.2, -0.15) is 0 Å². The Balaban J connectivity index is 2.26. The maximum atomic E-state index is 13.7. The van der Waals surface area contributed by atoms with Gasteiger partial charge in [0.15, 0.2) is 4.34 Å². The molecule has 3 rings (SSSR count). The van der Waals surface area contributed by atoms with Crippen molar-refractivity contribution in [3.05, 3.63) is 46.5 Å². The van der Waals surface area contributed by atoms with Gasteiger partial charge in [-0.25, -0.2) is 9.37 Å². The Labute approximate surface area is 116 Å². The average molecular weight is 292 g/mol. The van der Waals surface area contributed by atoms with Crippen LogP contribution in [0.25, 0.3) is 21.5 Å². The number of thiazole rings is 1. The summed E-state index contributed by atoms with van der Waals surface area (Å²) in [5.74, 6) is -0.355. The summed E-state index contributed by atoms with van der Waals surface area (Å²) in [6.07, 6.45) is 1.91. The third-order valence-electron chi connectivity index (χ3n) is 2.71. The van der Waals surface area contributed by atoms with E-state index in [2.05, 4.69) is 9.97 Å². The summed E-state index contributed by atoms with van der Waals surface area (Å²) in [6.45, 7) is 0. The van der Waals surface area contributed by atoms with Gasteiger partial charge in [0, 0.05) is 5.56 Å². The number of H-pyrrole nitrogens is 1. The zero-order valence-electron chi connectivity index (χ0n) is 9.94. The van der Waals surface area contributed by atoms with E-state index in [4.69, 9.17) is 0 Å². The van der Waals surface area contributed by atoms with E-state index in [1.165, 1.54) is 29.2 Å². The first-order chi connectivity index (χ1) is 9.19. The van der Waals surface area contributed by atoms with Crippen LogP contribution in [0.15, 0.2) is 39.5 Å². The van der Waals surface area contributed by atoms with Gasteiger partial charge in [0.2, 0.25) is 0 Å². The molecule has 3 nitrogen and oxygen atoms in total. The number of halogens is 1. The van der Waals surface area contributed by atoms with Crippen molar-refractivity contribution in [1.29, 1.82) is 0 Å². The quantitative estimate of drug-likeness (QED) is 0.735. The Morgan fingerprint density at radius 1 is 1.37 bits per heavy atom. The summed E-state index contributed by atoms with van der Waals surface area (Å²) in [6, 6.07) is 8.14. The molecule has 2 aromatic heterocycles. The zero-order chi connectivity index (χ0) is 13.4. The lowest BCUT2D eigenvalue weighted by Crippen LogP contribution is -2.07. The number of hydrogen-bond donors (Lipinski definition) is 1. The lowest BCUT2D eigenvalue weighted by atomic mass is 10.1. The van der Waals surface area contributed by atoms with Gasteiger partial charge in [-0.15, -0.1) is 11.3 Å². The van der Waals surface area contributed by atoms with Gasteiger partial charge in [0.05, 0.1) is 10.4 Å². The molecule has 0 spiro atoms. The van der Waals surface area contributed by atoms with E-state index in [0.717, 1.165) is 9.04 Å². The molecule has 1 aromatic carbocycles. The molecule has 0 fully saturated rings. The first-order valence-electron chi connectivity index (χ1n) is 5.52. The fraction of sp³-hybridized carbons (Fsp3) is 0.0769. The van der Waals surface area contributed by atoms with Crippen molar-refractivity contribution in [3.63, 3.8) is 0 Å².